The van der Waals surface area contributed by atoms with Crippen molar-refractivity contribution in [1.82, 2.24) is 9.78 Å². The molecule has 0 aromatic carbocycles. The van der Waals surface area contributed by atoms with Crippen molar-refractivity contribution in [2.24, 2.45) is 7.05 Å². The Hall–Kier alpha value is -1.32. The van der Waals surface area contributed by atoms with Crippen LogP contribution in [-0.4, -0.2) is 9.78 Å². The lowest BCUT2D eigenvalue weighted by Crippen LogP contribution is -2.24. The van der Waals surface area contributed by atoms with Gasteiger partial charge in [-0.2, -0.15) is 5.10 Å². The zero-order valence-electron chi connectivity index (χ0n) is 6.88. The molecule has 60 valence electrons. The predicted octanol–water partition coefficient (Wildman–Crippen LogP) is -0.0207. The lowest BCUT2D eigenvalue weighted by molar-refractivity contribution is 0.688. The van der Waals surface area contributed by atoms with E-state index in [-0.39, 0.29) is 5.56 Å². The molecule has 0 aliphatic heterocycles. The average molecular weight is 153 g/mol. The molecule has 4 nitrogen and oxygen atoms in total. The molecule has 0 aliphatic rings. The van der Waals surface area contributed by atoms with Crippen LogP contribution in [0.25, 0.3) is 0 Å². The van der Waals surface area contributed by atoms with Gasteiger partial charge in [-0.05, 0) is 13.8 Å². The molecule has 0 aliphatic carbocycles. The summed E-state index contributed by atoms with van der Waals surface area (Å²) >= 11 is 0. The van der Waals surface area contributed by atoms with Gasteiger partial charge in [0, 0.05) is 12.6 Å². The Morgan fingerprint density at radius 2 is 2.00 bits per heavy atom. The van der Waals surface area contributed by atoms with Crippen LogP contribution in [0.2, 0.25) is 0 Å². The standard InChI is InChI=1S/C7H11N3O/c1-4-6(8)5(2)9-10(3)7(4)11/h8H2,1-3H3. The fraction of sp³-hybridized carbons (Fsp3) is 0.429. The molecule has 1 aromatic rings. The SMILES string of the molecule is Cc1nn(C)c(=O)c(C)c1N. The number of rotatable bonds is 0. The largest absolute Gasteiger partial charge is 0.397 e. The Labute approximate surface area is 64.6 Å². The van der Waals surface area contributed by atoms with E-state index in [1.165, 1.54) is 4.68 Å². The van der Waals surface area contributed by atoms with Crippen LogP contribution in [0.4, 0.5) is 5.69 Å². The number of hydrogen-bond donors (Lipinski definition) is 1. The van der Waals surface area contributed by atoms with E-state index >= 15 is 0 Å². The van der Waals surface area contributed by atoms with Gasteiger partial charge in [-0.1, -0.05) is 0 Å². The van der Waals surface area contributed by atoms with Gasteiger partial charge in [-0.25, -0.2) is 4.68 Å². The zero-order chi connectivity index (χ0) is 8.59. The molecule has 4 heteroatoms. The van der Waals surface area contributed by atoms with Crippen LogP contribution in [0.3, 0.4) is 0 Å². The van der Waals surface area contributed by atoms with Gasteiger partial charge in [0.05, 0.1) is 11.4 Å². The Kier molecular flexibility index (Phi) is 1.68. The first-order chi connectivity index (χ1) is 5.04. The maximum Gasteiger partial charge on any atom is 0.271 e. The van der Waals surface area contributed by atoms with E-state index in [0.717, 1.165) is 0 Å². The molecular weight excluding hydrogens is 142 g/mol. The van der Waals surface area contributed by atoms with Crippen LogP contribution in [0.1, 0.15) is 11.3 Å². The van der Waals surface area contributed by atoms with Crippen molar-refractivity contribution in [3.8, 4) is 0 Å². The fourth-order valence-corrected chi connectivity index (χ4v) is 0.954. The third-order valence-electron chi connectivity index (χ3n) is 1.71. The highest BCUT2D eigenvalue weighted by molar-refractivity contribution is 5.47. The average Bonchev–Trinajstić information content (AvgIpc) is 1.97. The van der Waals surface area contributed by atoms with Crippen LogP contribution >= 0.6 is 0 Å². The summed E-state index contributed by atoms with van der Waals surface area (Å²) in [6, 6.07) is 0. The van der Waals surface area contributed by atoms with Crippen LogP contribution in [0.15, 0.2) is 4.79 Å². The van der Waals surface area contributed by atoms with Crippen molar-refractivity contribution in [3.63, 3.8) is 0 Å². The highest BCUT2D eigenvalue weighted by Gasteiger charge is 2.04. The number of aryl methyl sites for hydroxylation is 2. The number of hydrogen-bond acceptors (Lipinski definition) is 3. The fourth-order valence-electron chi connectivity index (χ4n) is 0.954. The molecule has 2 N–H and O–H groups in total. The quantitative estimate of drug-likeness (QED) is 0.569. The molecular formula is C7H11N3O. The molecule has 0 bridgehead atoms. The Bertz CT molecular complexity index is 340. The van der Waals surface area contributed by atoms with Gasteiger partial charge in [0.2, 0.25) is 0 Å². The van der Waals surface area contributed by atoms with E-state index in [4.69, 9.17) is 5.73 Å². The van der Waals surface area contributed by atoms with E-state index in [9.17, 15) is 4.79 Å². The summed E-state index contributed by atoms with van der Waals surface area (Å²) in [7, 11) is 1.61. The molecule has 0 amide bonds. The van der Waals surface area contributed by atoms with E-state index in [1.807, 2.05) is 0 Å². The molecule has 11 heavy (non-hydrogen) atoms. The summed E-state index contributed by atoms with van der Waals surface area (Å²) < 4.78 is 1.29. The molecule has 0 unspecified atom stereocenters. The summed E-state index contributed by atoms with van der Waals surface area (Å²) in [4.78, 5) is 11.2. The molecule has 1 heterocycles. The Morgan fingerprint density at radius 1 is 1.45 bits per heavy atom. The molecule has 0 saturated carbocycles. The lowest BCUT2D eigenvalue weighted by Gasteiger charge is -2.04. The van der Waals surface area contributed by atoms with E-state index < -0.39 is 0 Å². The van der Waals surface area contributed by atoms with Crippen LogP contribution < -0.4 is 11.3 Å². The third-order valence-corrected chi connectivity index (χ3v) is 1.71. The van der Waals surface area contributed by atoms with Gasteiger partial charge in [0.1, 0.15) is 0 Å². The monoisotopic (exact) mass is 153 g/mol. The maximum atomic E-state index is 11.2. The molecule has 1 rings (SSSR count). The minimum Gasteiger partial charge on any atom is -0.397 e. The van der Waals surface area contributed by atoms with Crippen molar-refractivity contribution >= 4 is 5.69 Å². The number of anilines is 1. The minimum atomic E-state index is -0.131. The van der Waals surface area contributed by atoms with Gasteiger partial charge in [0.25, 0.3) is 5.56 Å². The van der Waals surface area contributed by atoms with Crippen LogP contribution in [0, 0.1) is 13.8 Å². The van der Waals surface area contributed by atoms with Gasteiger partial charge in [-0.3, -0.25) is 4.79 Å². The summed E-state index contributed by atoms with van der Waals surface area (Å²) in [5, 5.41) is 3.91. The second-order valence-electron chi connectivity index (χ2n) is 2.55. The topological polar surface area (TPSA) is 60.9 Å². The molecule has 0 saturated heterocycles. The van der Waals surface area contributed by atoms with Crippen molar-refractivity contribution in [2.75, 3.05) is 5.73 Å². The Balaban J connectivity index is 3.59. The van der Waals surface area contributed by atoms with E-state index in [0.29, 0.717) is 16.9 Å². The van der Waals surface area contributed by atoms with Gasteiger partial charge in [0.15, 0.2) is 0 Å². The number of aromatic nitrogens is 2. The highest BCUT2D eigenvalue weighted by atomic mass is 16.1. The zero-order valence-corrected chi connectivity index (χ0v) is 6.88. The minimum absolute atomic E-state index is 0.131. The van der Waals surface area contributed by atoms with Crippen molar-refractivity contribution in [2.45, 2.75) is 13.8 Å². The van der Waals surface area contributed by atoms with Crippen molar-refractivity contribution in [3.05, 3.63) is 21.6 Å². The molecule has 0 atom stereocenters. The third kappa shape index (κ3) is 1.11. The molecule has 0 spiro atoms. The van der Waals surface area contributed by atoms with E-state index in [1.54, 1.807) is 20.9 Å². The Morgan fingerprint density at radius 3 is 2.55 bits per heavy atom. The van der Waals surface area contributed by atoms with Gasteiger partial charge < -0.3 is 5.73 Å². The summed E-state index contributed by atoms with van der Waals surface area (Å²) in [5.74, 6) is 0. The normalized spacial score (nSPS) is 10.1. The first-order valence-corrected chi connectivity index (χ1v) is 3.34. The van der Waals surface area contributed by atoms with Crippen LogP contribution in [0.5, 0.6) is 0 Å². The smallest absolute Gasteiger partial charge is 0.271 e. The van der Waals surface area contributed by atoms with Crippen LogP contribution in [-0.2, 0) is 7.05 Å². The maximum absolute atomic E-state index is 11.2. The summed E-state index contributed by atoms with van der Waals surface area (Å²) in [6.45, 7) is 3.48. The van der Waals surface area contributed by atoms with E-state index in [2.05, 4.69) is 5.10 Å². The van der Waals surface area contributed by atoms with Gasteiger partial charge >= 0.3 is 0 Å². The highest BCUT2D eigenvalue weighted by Crippen LogP contribution is 2.06. The predicted molar refractivity (Wildman–Crippen MR) is 43.4 cm³/mol. The van der Waals surface area contributed by atoms with Gasteiger partial charge in [-0.15, -0.1) is 0 Å². The first kappa shape index (κ1) is 7.78. The second kappa shape index (κ2) is 2.38. The summed E-state index contributed by atoms with van der Waals surface area (Å²) in [6.07, 6.45) is 0. The number of nitrogens with zero attached hydrogens (tertiary/aromatic N) is 2. The second-order valence-corrected chi connectivity index (χ2v) is 2.55. The van der Waals surface area contributed by atoms with Crippen molar-refractivity contribution in [1.29, 1.82) is 0 Å². The number of nitrogen functional groups attached to an aromatic ring is 1. The lowest BCUT2D eigenvalue weighted by atomic mass is 10.2. The molecule has 1 aromatic heterocycles. The molecule has 0 fully saturated rings. The molecule has 0 radical (unpaired) electrons. The number of nitrogens with two attached hydrogens (primary N) is 1. The first-order valence-electron chi connectivity index (χ1n) is 3.34. The summed E-state index contributed by atoms with van der Waals surface area (Å²) in [5.41, 5.74) is 7.21. The van der Waals surface area contributed by atoms with Crippen molar-refractivity contribution < 1.29 is 0 Å².